The molecule has 1 aliphatic rings. The maximum Gasteiger partial charge on any atom is 0.251 e. The van der Waals surface area contributed by atoms with Gasteiger partial charge >= 0.3 is 0 Å². The summed E-state index contributed by atoms with van der Waals surface area (Å²) in [6.07, 6.45) is 4.34. The van der Waals surface area contributed by atoms with Crippen LogP contribution < -0.4 is 5.32 Å². The third-order valence-electron chi connectivity index (χ3n) is 3.88. The van der Waals surface area contributed by atoms with Gasteiger partial charge in [-0.1, -0.05) is 6.07 Å². The van der Waals surface area contributed by atoms with Gasteiger partial charge in [0.1, 0.15) is 0 Å². The molecule has 0 radical (unpaired) electrons. The number of fused-ring (bicyclic) bond motifs is 1. The van der Waals surface area contributed by atoms with Crippen LogP contribution in [0.3, 0.4) is 0 Å². The van der Waals surface area contributed by atoms with Crippen molar-refractivity contribution in [3.63, 3.8) is 0 Å². The average molecular weight is 258 g/mol. The molecule has 0 bridgehead atoms. The molecule has 100 valence electrons. The molecule has 0 saturated heterocycles. The van der Waals surface area contributed by atoms with Crippen molar-refractivity contribution >= 4 is 16.8 Å². The van der Waals surface area contributed by atoms with Gasteiger partial charge in [0.25, 0.3) is 5.91 Å². The molecule has 2 atom stereocenters. The summed E-state index contributed by atoms with van der Waals surface area (Å²) in [6, 6.07) is 7.64. The highest BCUT2D eigenvalue weighted by molar-refractivity contribution is 5.97. The highest BCUT2D eigenvalue weighted by Gasteiger charge is 2.23. The van der Waals surface area contributed by atoms with Crippen molar-refractivity contribution in [2.75, 3.05) is 6.54 Å². The molecule has 1 saturated carbocycles. The molecule has 1 fully saturated rings. The van der Waals surface area contributed by atoms with E-state index in [2.05, 4.69) is 10.3 Å². The lowest BCUT2D eigenvalue weighted by molar-refractivity contribution is 0.0945. The predicted molar refractivity (Wildman–Crippen MR) is 74.0 cm³/mol. The van der Waals surface area contributed by atoms with E-state index in [1.54, 1.807) is 0 Å². The van der Waals surface area contributed by atoms with E-state index in [9.17, 15) is 9.90 Å². The topological polar surface area (TPSA) is 65.1 Å². The largest absolute Gasteiger partial charge is 0.393 e. The Labute approximate surface area is 111 Å². The summed E-state index contributed by atoms with van der Waals surface area (Å²) >= 11 is 0. The Morgan fingerprint density at radius 3 is 3.05 bits per heavy atom. The fraction of sp³-hybridized carbons (Fsp3) is 0.400. The minimum atomic E-state index is -0.183. The first kappa shape index (κ1) is 12.2. The molecule has 1 aromatic carbocycles. The lowest BCUT2D eigenvalue weighted by Gasteiger charge is -2.11. The summed E-state index contributed by atoms with van der Waals surface area (Å²) < 4.78 is 0. The number of aromatic amines is 1. The molecule has 3 N–H and O–H groups in total. The van der Waals surface area contributed by atoms with Crippen LogP contribution in [0.5, 0.6) is 0 Å². The molecular weight excluding hydrogens is 240 g/mol. The van der Waals surface area contributed by atoms with Gasteiger partial charge in [0.15, 0.2) is 0 Å². The number of hydrogen-bond acceptors (Lipinski definition) is 2. The number of nitrogens with one attached hydrogen (secondary N) is 2. The number of aliphatic hydroxyl groups excluding tert-OH is 1. The third kappa shape index (κ3) is 2.63. The van der Waals surface area contributed by atoms with Crippen LogP contribution in [0.15, 0.2) is 30.5 Å². The van der Waals surface area contributed by atoms with E-state index in [0.717, 1.165) is 30.2 Å². The van der Waals surface area contributed by atoms with Crippen molar-refractivity contribution in [2.45, 2.75) is 25.4 Å². The molecule has 2 unspecified atom stereocenters. The van der Waals surface area contributed by atoms with Crippen LogP contribution in [0.25, 0.3) is 10.9 Å². The molecule has 19 heavy (non-hydrogen) atoms. The number of H-pyrrole nitrogens is 1. The van der Waals surface area contributed by atoms with Gasteiger partial charge in [-0.25, -0.2) is 0 Å². The predicted octanol–water partition coefficient (Wildman–Crippen LogP) is 2.06. The molecular formula is C15H18N2O2. The Bertz CT molecular complexity index is 591. The second-order valence-corrected chi connectivity index (χ2v) is 5.32. The van der Waals surface area contributed by atoms with Crippen LogP contribution in [-0.2, 0) is 0 Å². The minimum Gasteiger partial charge on any atom is -0.393 e. The zero-order chi connectivity index (χ0) is 13.2. The number of aromatic nitrogens is 1. The monoisotopic (exact) mass is 258 g/mol. The van der Waals surface area contributed by atoms with E-state index in [1.807, 2.05) is 30.5 Å². The highest BCUT2D eigenvalue weighted by Crippen LogP contribution is 2.24. The van der Waals surface area contributed by atoms with Gasteiger partial charge in [-0.05, 0) is 48.8 Å². The van der Waals surface area contributed by atoms with Crippen LogP contribution in [-0.4, -0.2) is 28.6 Å². The quantitative estimate of drug-likeness (QED) is 0.789. The van der Waals surface area contributed by atoms with Crippen LogP contribution in [0, 0.1) is 5.92 Å². The molecule has 4 nitrogen and oxygen atoms in total. The van der Waals surface area contributed by atoms with Crippen LogP contribution >= 0.6 is 0 Å². The first-order valence-electron chi connectivity index (χ1n) is 6.76. The summed E-state index contributed by atoms with van der Waals surface area (Å²) in [5.41, 5.74) is 1.65. The van der Waals surface area contributed by atoms with Crippen molar-refractivity contribution < 1.29 is 9.90 Å². The number of hydrogen-bond donors (Lipinski definition) is 3. The van der Waals surface area contributed by atoms with Gasteiger partial charge in [-0.3, -0.25) is 4.79 Å². The van der Waals surface area contributed by atoms with E-state index in [1.165, 1.54) is 0 Å². The highest BCUT2D eigenvalue weighted by atomic mass is 16.3. The second kappa shape index (κ2) is 5.05. The van der Waals surface area contributed by atoms with Gasteiger partial charge in [-0.15, -0.1) is 0 Å². The Hall–Kier alpha value is -1.81. The van der Waals surface area contributed by atoms with Gasteiger partial charge in [0, 0.05) is 23.8 Å². The fourth-order valence-electron chi connectivity index (χ4n) is 2.76. The molecule has 0 aliphatic heterocycles. The number of carbonyl (C=O) groups excluding carboxylic acids is 1. The smallest absolute Gasteiger partial charge is 0.251 e. The van der Waals surface area contributed by atoms with Gasteiger partial charge in [0.2, 0.25) is 0 Å². The van der Waals surface area contributed by atoms with Crippen LogP contribution in [0.2, 0.25) is 0 Å². The second-order valence-electron chi connectivity index (χ2n) is 5.32. The average Bonchev–Trinajstić information content (AvgIpc) is 3.03. The van der Waals surface area contributed by atoms with Crippen LogP contribution in [0.1, 0.15) is 29.6 Å². The van der Waals surface area contributed by atoms with E-state index in [4.69, 9.17) is 0 Å². The van der Waals surface area contributed by atoms with E-state index < -0.39 is 0 Å². The number of amides is 1. The Balaban J connectivity index is 1.63. The Morgan fingerprint density at radius 2 is 2.26 bits per heavy atom. The lowest BCUT2D eigenvalue weighted by Crippen LogP contribution is -2.28. The van der Waals surface area contributed by atoms with Gasteiger partial charge in [0.05, 0.1) is 6.10 Å². The fourth-order valence-corrected chi connectivity index (χ4v) is 2.76. The lowest BCUT2D eigenvalue weighted by atomic mass is 10.1. The molecule has 1 heterocycles. The minimum absolute atomic E-state index is 0.0436. The third-order valence-corrected chi connectivity index (χ3v) is 3.88. The van der Waals surface area contributed by atoms with E-state index >= 15 is 0 Å². The first-order chi connectivity index (χ1) is 9.22. The van der Waals surface area contributed by atoms with Gasteiger partial charge in [-0.2, -0.15) is 0 Å². The van der Waals surface area contributed by atoms with Crippen molar-refractivity contribution in [1.82, 2.24) is 10.3 Å². The molecule has 4 heteroatoms. The summed E-state index contributed by atoms with van der Waals surface area (Å²) in [6.45, 7) is 0.651. The van der Waals surface area contributed by atoms with Crippen molar-refractivity contribution in [2.24, 2.45) is 5.92 Å². The van der Waals surface area contributed by atoms with E-state index in [-0.39, 0.29) is 12.0 Å². The molecule has 0 spiro atoms. The summed E-state index contributed by atoms with van der Waals surface area (Å²) in [7, 11) is 0. The molecule has 1 aliphatic carbocycles. The molecule has 1 aromatic heterocycles. The summed E-state index contributed by atoms with van der Waals surface area (Å²) in [4.78, 5) is 15.2. The van der Waals surface area contributed by atoms with Crippen LogP contribution in [0.4, 0.5) is 0 Å². The van der Waals surface area contributed by atoms with Gasteiger partial charge < -0.3 is 15.4 Å². The number of rotatable bonds is 3. The number of aliphatic hydroxyl groups is 1. The SMILES string of the molecule is O=C(NCC1CCC(O)C1)c1ccc2cc[nH]c2c1. The molecule has 3 rings (SSSR count). The Morgan fingerprint density at radius 1 is 1.37 bits per heavy atom. The summed E-state index contributed by atoms with van der Waals surface area (Å²) in [5, 5.41) is 13.5. The Kier molecular flexibility index (Phi) is 3.25. The molecule has 2 aromatic rings. The summed E-state index contributed by atoms with van der Waals surface area (Å²) in [5.74, 6) is 0.367. The first-order valence-corrected chi connectivity index (χ1v) is 6.76. The maximum atomic E-state index is 12.1. The standard InChI is InChI=1S/C15H18N2O2/c18-13-4-1-10(7-13)9-17-15(19)12-3-2-11-5-6-16-14(11)8-12/h2-3,5-6,8,10,13,16,18H,1,4,7,9H2,(H,17,19). The normalized spacial score (nSPS) is 22.8. The molecule has 1 amide bonds. The number of carbonyl (C=O) groups is 1. The van der Waals surface area contributed by atoms with E-state index in [0.29, 0.717) is 18.0 Å². The van der Waals surface area contributed by atoms with Crippen molar-refractivity contribution in [3.05, 3.63) is 36.0 Å². The number of benzene rings is 1. The zero-order valence-corrected chi connectivity index (χ0v) is 10.7. The maximum absolute atomic E-state index is 12.1. The zero-order valence-electron chi connectivity index (χ0n) is 10.7. The van der Waals surface area contributed by atoms with Crippen molar-refractivity contribution in [1.29, 1.82) is 0 Å². The van der Waals surface area contributed by atoms with Crippen molar-refractivity contribution in [3.8, 4) is 0 Å².